The fourth-order valence-electron chi connectivity index (χ4n) is 2.09. The average Bonchev–Trinajstić information content (AvgIpc) is 3.31. The largest absolute Gasteiger partial charge is 0.489 e. The van der Waals surface area contributed by atoms with E-state index in [0.717, 1.165) is 27.4 Å². The zero-order valence-electron chi connectivity index (χ0n) is 11.6. The molecule has 1 fully saturated rings. The molecule has 21 heavy (non-hydrogen) atoms. The van der Waals surface area contributed by atoms with Crippen molar-refractivity contribution in [1.29, 1.82) is 0 Å². The molecule has 1 N–H and O–H groups in total. The van der Waals surface area contributed by atoms with Crippen LogP contribution in [0.4, 0.5) is 0 Å². The lowest BCUT2D eigenvalue weighted by molar-refractivity contribution is 0.306. The summed E-state index contributed by atoms with van der Waals surface area (Å²) in [6, 6.07) is 14.5. The molecule has 0 bridgehead atoms. The van der Waals surface area contributed by atoms with E-state index in [0.29, 0.717) is 12.6 Å². The van der Waals surface area contributed by atoms with Crippen LogP contribution >= 0.6 is 27.5 Å². The van der Waals surface area contributed by atoms with Crippen LogP contribution in [0, 0.1) is 0 Å². The van der Waals surface area contributed by atoms with Crippen molar-refractivity contribution in [3.8, 4) is 5.75 Å². The predicted molar refractivity (Wildman–Crippen MR) is 89.8 cm³/mol. The van der Waals surface area contributed by atoms with Gasteiger partial charge in [-0.15, -0.1) is 0 Å². The Hall–Kier alpha value is -1.03. The van der Waals surface area contributed by atoms with Crippen molar-refractivity contribution >= 4 is 27.5 Å². The lowest BCUT2D eigenvalue weighted by Gasteiger charge is -2.11. The maximum Gasteiger partial charge on any atom is 0.120 e. The summed E-state index contributed by atoms with van der Waals surface area (Å²) in [4.78, 5) is 0. The highest BCUT2D eigenvalue weighted by molar-refractivity contribution is 9.10. The zero-order chi connectivity index (χ0) is 14.7. The van der Waals surface area contributed by atoms with E-state index in [1.807, 2.05) is 36.4 Å². The molecule has 0 radical (unpaired) electrons. The van der Waals surface area contributed by atoms with E-state index in [4.69, 9.17) is 16.3 Å². The molecule has 2 aromatic rings. The van der Waals surface area contributed by atoms with Gasteiger partial charge in [-0.2, -0.15) is 0 Å². The molecule has 0 atom stereocenters. The molecular weight excluding hydrogens is 350 g/mol. The molecule has 0 aliphatic heterocycles. The molecule has 2 nitrogen and oxygen atoms in total. The molecule has 0 saturated heterocycles. The summed E-state index contributed by atoms with van der Waals surface area (Å²) in [5, 5.41) is 4.26. The minimum absolute atomic E-state index is 0.483. The van der Waals surface area contributed by atoms with Gasteiger partial charge in [0.1, 0.15) is 12.4 Å². The van der Waals surface area contributed by atoms with Gasteiger partial charge < -0.3 is 10.1 Å². The van der Waals surface area contributed by atoms with E-state index >= 15 is 0 Å². The topological polar surface area (TPSA) is 21.3 Å². The second-order valence-electron chi connectivity index (χ2n) is 5.29. The van der Waals surface area contributed by atoms with Gasteiger partial charge in [0.05, 0.1) is 0 Å². The fraction of sp³-hybridized carbons (Fsp3) is 0.294. The van der Waals surface area contributed by atoms with Gasteiger partial charge in [0.2, 0.25) is 0 Å². The average molecular weight is 367 g/mol. The standard InChI is InChI=1S/C17H17BrClNO/c18-16-8-7-15(9-13(16)10-20-14-5-6-14)21-11-12-3-1-2-4-17(12)19/h1-4,7-9,14,20H,5-6,10-11H2. The number of hydrogen-bond acceptors (Lipinski definition) is 2. The maximum atomic E-state index is 6.14. The first-order valence-corrected chi connectivity index (χ1v) is 8.27. The highest BCUT2D eigenvalue weighted by atomic mass is 79.9. The molecular formula is C17H17BrClNO. The number of halogens is 2. The van der Waals surface area contributed by atoms with E-state index in [9.17, 15) is 0 Å². The van der Waals surface area contributed by atoms with Crippen LogP contribution in [-0.4, -0.2) is 6.04 Å². The quantitative estimate of drug-likeness (QED) is 0.782. The zero-order valence-corrected chi connectivity index (χ0v) is 14.0. The maximum absolute atomic E-state index is 6.14. The lowest BCUT2D eigenvalue weighted by Crippen LogP contribution is -2.15. The van der Waals surface area contributed by atoms with Crippen molar-refractivity contribution in [2.45, 2.75) is 32.0 Å². The smallest absolute Gasteiger partial charge is 0.120 e. The Kier molecular flexibility index (Phi) is 4.84. The van der Waals surface area contributed by atoms with E-state index in [1.54, 1.807) is 0 Å². The minimum Gasteiger partial charge on any atom is -0.489 e. The van der Waals surface area contributed by atoms with Crippen LogP contribution in [0.1, 0.15) is 24.0 Å². The second kappa shape index (κ2) is 6.82. The molecule has 0 aromatic heterocycles. The summed E-state index contributed by atoms with van der Waals surface area (Å²) < 4.78 is 6.97. The number of benzene rings is 2. The molecule has 1 aliphatic rings. The van der Waals surface area contributed by atoms with E-state index in [1.165, 1.54) is 18.4 Å². The molecule has 0 amide bonds. The Morgan fingerprint density at radius 3 is 2.71 bits per heavy atom. The van der Waals surface area contributed by atoms with Crippen molar-refractivity contribution in [2.24, 2.45) is 0 Å². The van der Waals surface area contributed by atoms with Gasteiger partial charge in [-0.05, 0) is 42.7 Å². The first-order chi connectivity index (χ1) is 10.2. The van der Waals surface area contributed by atoms with Crippen LogP contribution in [0.15, 0.2) is 46.9 Å². The van der Waals surface area contributed by atoms with Gasteiger partial charge in [0, 0.05) is 27.6 Å². The third kappa shape index (κ3) is 4.22. The van der Waals surface area contributed by atoms with Crippen molar-refractivity contribution in [3.63, 3.8) is 0 Å². The minimum atomic E-state index is 0.483. The van der Waals surface area contributed by atoms with Crippen molar-refractivity contribution in [3.05, 3.63) is 63.1 Å². The molecule has 110 valence electrons. The summed E-state index contributed by atoms with van der Waals surface area (Å²) in [6.45, 7) is 1.35. The van der Waals surface area contributed by atoms with Gasteiger partial charge in [-0.25, -0.2) is 0 Å². The Balaban J connectivity index is 1.64. The summed E-state index contributed by atoms with van der Waals surface area (Å²) >= 11 is 9.73. The van der Waals surface area contributed by atoms with E-state index < -0.39 is 0 Å². The van der Waals surface area contributed by atoms with Gasteiger partial charge in [0.15, 0.2) is 0 Å². The van der Waals surface area contributed by atoms with E-state index in [-0.39, 0.29) is 0 Å². The van der Waals surface area contributed by atoms with Crippen LogP contribution in [0.2, 0.25) is 5.02 Å². The first-order valence-electron chi connectivity index (χ1n) is 7.10. The lowest BCUT2D eigenvalue weighted by atomic mass is 10.2. The Bertz CT molecular complexity index is 628. The Morgan fingerprint density at radius 1 is 1.14 bits per heavy atom. The SMILES string of the molecule is Clc1ccccc1COc1ccc(Br)c(CNC2CC2)c1. The number of rotatable bonds is 6. The molecule has 0 unspecified atom stereocenters. The monoisotopic (exact) mass is 365 g/mol. The summed E-state index contributed by atoms with van der Waals surface area (Å²) in [6.07, 6.45) is 2.58. The molecule has 3 rings (SSSR count). The van der Waals surface area contributed by atoms with Gasteiger partial charge in [0.25, 0.3) is 0 Å². The molecule has 2 aromatic carbocycles. The number of ether oxygens (including phenoxy) is 1. The summed E-state index contributed by atoms with van der Waals surface area (Å²) in [5.41, 5.74) is 2.22. The molecule has 1 saturated carbocycles. The Morgan fingerprint density at radius 2 is 1.95 bits per heavy atom. The molecule has 0 spiro atoms. The van der Waals surface area contributed by atoms with Crippen LogP contribution in [-0.2, 0) is 13.2 Å². The third-order valence-corrected chi connectivity index (χ3v) is 4.67. The number of hydrogen-bond donors (Lipinski definition) is 1. The Labute approximate surface area is 138 Å². The summed E-state index contributed by atoms with van der Waals surface area (Å²) in [5.74, 6) is 0.866. The highest BCUT2D eigenvalue weighted by Gasteiger charge is 2.20. The predicted octanol–water partition coefficient (Wildman–Crippen LogP) is 4.93. The van der Waals surface area contributed by atoms with Gasteiger partial charge in [-0.3, -0.25) is 0 Å². The highest BCUT2D eigenvalue weighted by Crippen LogP contribution is 2.26. The van der Waals surface area contributed by atoms with Crippen LogP contribution in [0.25, 0.3) is 0 Å². The third-order valence-electron chi connectivity index (χ3n) is 3.53. The first kappa shape index (κ1) is 14.9. The van der Waals surface area contributed by atoms with Crippen LogP contribution in [0.3, 0.4) is 0 Å². The normalized spacial score (nSPS) is 14.2. The van der Waals surface area contributed by atoms with Crippen molar-refractivity contribution in [2.75, 3.05) is 0 Å². The van der Waals surface area contributed by atoms with Crippen molar-refractivity contribution in [1.82, 2.24) is 5.32 Å². The van der Waals surface area contributed by atoms with Crippen LogP contribution in [0.5, 0.6) is 5.75 Å². The second-order valence-corrected chi connectivity index (χ2v) is 6.55. The van der Waals surface area contributed by atoms with Crippen LogP contribution < -0.4 is 10.1 Å². The molecule has 1 aliphatic carbocycles. The van der Waals surface area contributed by atoms with Gasteiger partial charge in [-0.1, -0.05) is 45.7 Å². The van der Waals surface area contributed by atoms with E-state index in [2.05, 4.69) is 27.3 Å². The van der Waals surface area contributed by atoms with Crippen molar-refractivity contribution < 1.29 is 4.74 Å². The van der Waals surface area contributed by atoms with Gasteiger partial charge >= 0.3 is 0 Å². The molecule has 0 heterocycles. The fourth-order valence-corrected chi connectivity index (χ4v) is 2.67. The summed E-state index contributed by atoms with van der Waals surface area (Å²) in [7, 11) is 0. The molecule has 4 heteroatoms. The number of nitrogens with one attached hydrogen (secondary N) is 1.